The highest BCUT2D eigenvalue weighted by molar-refractivity contribution is 5.82. The number of carboxylic acids is 1. The quantitative estimate of drug-likeness (QED) is 0.673. The lowest BCUT2D eigenvalue weighted by molar-refractivity contribution is -0.139. The highest BCUT2D eigenvalue weighted by atomic mass is 16.4. The molecule has 5 nitrogen and oxygen atoms in total. The van der Waals surface area contributed by atoms with Gasteiger partial charge in [0.1, 0.15) is 6.04 Å². The third-order valence-corrected chi connectivity index (χ3v) is 1.94. The summed E-state index contributed by atoms with van der Waals surface area (Å²) in [5.74, 6) is -0.988. The predicted octanol–water partition coefficient (Wildman–Crippen LogP) is 1.73. The van der Waals surface area contributed by atoms with Crippen molar-refractivity contribution in [2.75, 3.05) is 0 Å². The SMILES string of the molecule is CCCCC(NC(=O)NC(C)(C)C)C(=O)O. The van der Waals surface area contributed by atoms with E-state index >= 15 is 0 Å². The number of carboxylic acid groups (broad SMARTS) is 1. The van der Waals surface area contributed by atoms with E-state index in [9.17, 15) is 9.59 Å². The summed E-state index contributed by atoms with van der Waals surface area (Å²) >= 11 is 0. The summed E-state index contributed by atoms with van der Waals surface area (Å²) < 4.78 is 0. The van der Waals surface area contributed by atoms with Crippen LogP contribution in [0.3, 0.4) is 0 Å². The Morgan fingerprint density at radius 2 is 1.88 bits per heavy atom. The Balaban J connectivity index is 4.19. The maximum absolute atomic E-state index is 11.5. The van der Waals surface area contributed by atoms with Crippen LogP contribution in [0.1, 0.15) is 47.0 Å². The summed E-state index contributed by atoms with van der Waals surface area (Å²) in [7, 11) is 0. The Kier molecular flexibility index (Phi) is 5.85. The van der Waals surface area contributed by atoms with E-state index in [1.165, 1.54) is 0 Å². The van der Waals surface area contributed by atoms with Crippen molar-refractivity contribution in [2.45, 2.75) is 58.5 Å². The molecule has 0 bridgehead atoms. The zero-order valence-electron chi connectivity index (χ0n) is 10.5. The third-order valence-electron chi connectivity index (χ3n) is 1.94. The van der Waals surface area contributed by atoms with Gasteiger partial charge in [0.15, 0.2) is 0 Å². The molecule has 16 heavy (non-hydrogen) atoms. The van der Waals surface area contributed by atoms with E-state index in [0.29, 0.717) is 6.42 Å². The Hall–Kier alpha value is -1.26. The molecule has 0 rings (SSSR count). The highest BCUT2D eigenvalue weighted by Crippen LogP contribution is 2.02. The molecule has 0 aliphatic rings. The molecule has 3 N–H and O–H groups in total. The molecule has 0 saturated heterocycles. The van der Waals surface area contributed by atoms with Gasteiger partial charge in [0.05, 0.1) is 0 Å². The zero-order chi connectivity index (χ0) is 12.8. The van der Waals surface area contributed by atoms with Gasteiger partial charge in [0.25, 0.3) is 0 Å². The Bertz CT molecular complexity index is 246. The summed E-state index contributed by atoms with van der Waals surface area (Å²) in [4.78, 5) is 22.3. The molecule has 0 radical (unpaired) electrons. The monoisotopic (exact) mass is 230 g/mol. The van der Waals surface area contributed by atoms with Crippen LogP contribution in [0.4, 0.5) is 4.79 Å². The van der Waals surface area contributed by atoms with Gasteiger partial charge in [-0.2, -0.15) is 0 Å². The van der Waals surface area contributed by atoms with Gasteiger partial charge >= 0.3 is 12.0 Å². The van der Waals surface area contributed by atoms with Crippen molar-refractivity contribution in [2.24, 2.45) is 0 Å². The molecule has 0 aliphatic carbocycles. The number of unbranched alkanes of at least 4 members (excludes halogenated alkanes) is 1. The van der Waals surface area contributed by atoms with Gasteiger partial charge in [-0.1, -0.05) is 19.8 Å². The summed E-state index contributed by atoms with van der Waals surface area (Å²) in [6, 6.07) is -1.24. The van der Waals surface area contributed by atoms with Gasteiger partial charge in [0, 0.05) is 5.54 Å². The van der Waals surface area contributed by atoms with Crippen LogP contribution in [0.25, 0.3) is 0 Å². The topological polar surface area (TPSA) is 78.4 Å². The van der Waals surface area contributed by atoms with Crippen LogP contribution in [0.5, 0.6) is 0 Å². The Labute approximate surface area is 96.6 Å². The van der Waals surface area contributed by atoms with Crippen LogP contribution >= 0.6 is 0 Å². The maximum Gasteiger partial charge on any atom is 0.326 e. The first-order valence-corrected chi connectivity index (χ1v) is 5.57. The van der Waals surface area contributed by atoms with Gasteiger partial charge in [0.2, 0.25) is 0 Å². The van der Waals surface area contributed by atoms with Crippen LogP contribution in [-0.4, -0.2) is 28.7 Å². The zero-order valence-corrected chi connectivity index (χ0v) is 10.5. The molecule has 0 aromatic heterocycles. The number of carbonyl (C=O) groups excluding carboxylic acids is 1. The first-order valence-electron chi connectivity index (χ1n) is 5.57. The molecule has 1 atom stereocenters. The smallest absolute Gasteiger partial charge is 0.326 e. The molecule has 0 aromatic rings. The van der Waals surface area contributed by atoms with Crippen molar-refractivity contribution in [3.63, 3.8) is 0 Å². The molecular formula is C11H22N2O3. The molecule has 0 aromatic carbocycles. The molecule has 5 heteroatoms. The highest BCUT2D eigenvalue weighted by Gasteiger charge is 2.21. The average Bonchev–Trinajstić information content (AvgIpc) is 2.08. The van der Waals surface area contributed by atoms with E-state index in [4.69, 9.17) is 5.11 Å². The minimum atomic E-state index is -0.988. The van der Waals surface area contributed by atoms with Crippen LogP contribution in [0, 0.1) is 0 Å². The molecule has 0 spiro atoms. The van der Waals surface area contributed by atoms with E-state index in [1.807, 2.05) is 27.7 Å². The summed E-state index contributed by atoms with van der Waals surface area (Å²) in [6.45, 7) is 7.51. The molecule has 0 fully saturated rings. The number of urea groups is 1. The van der Waals surface area contributed by atoms with E-state index in [2.05, 4.69) is 10.6 Å². The van der Waals surface area contributed by atoms with E-state index in [1.54, 1.807) is 0 Å². The molecule has 0 aliphatic heterocycles. The van der Waals surface area contributed by atoms with Crippen LogP contribution in [0.2, 0.25) is 0 Å². The lowest BCUT2D eigenvalue weighted by Crippen LogP contribution is -2.51. The van der Waals surface area contributed by atoms with Crippen LogP contribution in [-0.2, 0) is 4.79 Å². The lowest BCUT2D eigenvalue weighted by atomic mass is 10.1. The lowest BCUT2D eigenvalue weighted by Gasteiger charge is -2.22. The first kappa shape index (κ1) is 14.7. The third kappa shape index (κ3) is 7.09. The van der Waals surface area contributed by atoms with Gasteiger partial charge in [-0.05, 0) is 27.2 Å². The van der Waals surface area contributed by atoms with Gasteiger partial charge in [-0.15, -0.1) is 0 Å². The van der Waals surface area contributed by atoms with Crippen molar-refractivity contribution >= 4 is 12.0 Å². The van der Waals surface area contributed by atoms with Crippen molar-refractivity contribution in [1.29, 1.82) is 0 Å². The Morgan fingerprint density at radius 3 is 2.25 bits per heavy atom. The van der Waals surface area contributed by atoms with Gasteiger partial charge in [-0.25, -0.2) is 9.59 Å². The first-order chi connectivity index (χ1) is 7.26. The van der Waals surface area contributed by atoms with E-state index in [-0.39, 0.29) is 5.54 Å². The van der Waals surface area contributed by atoms with Gasteiger partial charge < -0.3 is 15.7 Å². The number of hydrogen-bond acceptors (Lipinski definition) is 2. The molecule has 0 heterocycles. The normalized spacial score (nSPS) is 13.0. The number of amides is 2. The van der Waals surface area contributed by atoms with Gasteiger partial charge in [-0.3, -0.25) is 0 Å². The molecule has 1 unspecified atom stereocenters. The van der Waals surface area contributed by atoms with Crippen molar-refractivity contribution in [1.82, 2.24) is 10.6 Å². The molecule has 2 amide bonds. The molecule has 94 valence electrons. The number of nitrogens with one attached hydrogen (secondary N) is 2. The van der Waals surface area contributed by atoms with E-state index in [0.717, 1.165) is 12.8 Å². The molecule has 0 saturated carbocycles. The standard InChI is InChI=1S/C11H22N2O3/c1-5-6-7-8(9(14)15)12-10(16)13-11(2,3)4/h8H,5-7H2,1-4H3,(H,14,15)(H2,12,13,16). The van der Waals surface area contributed by atoms with Crippen molar-refractivity contribution < 1.29 is 14.7 Å². The Morgan fingerprint density at radius 1 is 1.31 bits per heavy atom. The summed E-state index contributed by atoms with van der Waals surface area (Å²) in [6.07, 6.45) is 2.16. The fourth-order valence-corrected chi connectivity index (χ4v) is 1.20. The second-order valence-electron chi connectivity index (χ2n) is 4.88. The maximum atomic E-state index is 11.5. The predicted molar refractivity (Wildman–Crippen MR) is 62.4 cm³/mol. The van der Waals surface area contributed by atoms with Crippen LogP contribution < -0.4 is 10.6 Å². The minimum absolute atomic E-state index is 0.363. The number of carbonyl (C=O) groups is 2. The van der Waals surface area contributed by atoms with E-state index < -0.39 is 18.0 Å². The number of hydrogen-bond donors (Lipinski definition) is 3. The summed E-state index contributed by atoms with van der Waals surface area (Å²) in [5, 5.41) is 14.0. The van der Waals surface area contributed by atoms with Crippen molar-refractivity contribution in [3.8, 4) is 0 Å². The fraction of sp³-hybridized carbons (Fsp3) is 0.818. The number of aliphatic carboxylic acids is 1. The second kappa shape index (κ2) is 6.35. The average molecular weight is 230 g/mol. The minimum Gasteiger partial charge on any atom is -0.480 e. The molecular weight excluding hydrogens is 208 g/mol. The van der Waals surface area contributed by atoms with Crippen LogP contribution in [0.15, 0.2) is 0 Å². The second-order valence-corrected chi connectivity index (χ2v) is 4.88. The van der Waals surface area contributed by atoms with Crippen molar-refractivity contribution in [3.05, 3.63) is 0 Å². The number of rotatable bonds is 5. The fourth-order valence-electron chi connectivity index (χ4n) is 1.20. The largest absolute Gasteiger partial charge is 0.480 e. The summed E-state index contributed by atoms with van der Waals surface area (Å²) in [5.41, 5.74) is -0.363.